The topological polar surface area (TPSA) is 72.2 Å². The van der Waals surface area contributed by atoms with E-state index in [-0.39, 0.29) is 11.7 Å². The molecule has 0 aliphatic carbocycles. The number of rotatable bonds is 3. The summed E-state index contributed by atoms with van der Waals surface area (Å²) in [6, 6.07) is 13.2. The van der Waals surface area contributed by atoms with Gasteiger partial charge in [-0.3, -0.25) is 4.79 Å². The number of hydrogen-bond acceptors (Lipinski definition) is 4. The Bertz CT molecular complexity index is 1060. The van der Waals surface area contributed by atoms with Crippen LogP contribution in [0.4, 0.5) is 5.69 Å². The van der Waals surface area contributed by atoms with Gasteiger partial charge in [-0.05, 0) is 30.7 Å². The molecule has 0 unspecified atom stereocenters. The van der Waals surface area contributed by atoms with Crippen LogP contribution in [0.25, 0.3) is 16.9 Å². The number of aryl methyl sites for hydroxylation is 1. The number of hydrogen-bond donors (Lipinski definition) is 1. The van der Waals surface area contributed by atoms with E-state index in [1.165, 1.54) is 0 Å². The van der Waals surface area contributed by atoms with E-state index in [1.807, 2.05) is 60.1 Å². The van der Waals surface area contributed by atoms with Gasteiger partial charge in [0, 0.05) is 30.4 Å². The molecule has 0 aliphatic heterocycles. The molecule has 6 nitrogen and oxygen atoms in total. The van der Waals surface area contributed by atoms with E-state index in [1.54, 1.807) is 18.5 Å². The van der Waals surface area contributed by atoms with Crippen LogP contribution in [0.2, 0.25) is 0 Å². The molecule has 0 spiro atoms. The van der Waals surface area contributed by atoms with Crippen molar-refractivity contribution in [1.82, 2.24) is 19.4 Å². The molecule has 4 aromatic rings. The molecule has 0 fully saturated rings. The van der Waals surface area contributed by atoms with Crippen molar-refractivity contribution in [3.63, 3.8) is 0 Å². The average molecular weight is 329 g/mol. The highest BCUT2D eigenvalue weighted by Gasteiger charge is 2.14. The van der Waals surface area contributed by atoms with E-state index in [4.69, 9.17) is 4.98 Å². The van der Waals surface area contributed by atoms with Gasteiger partial charge in [0.15, 0.2) is 0 Å². The Balaban J connectivity index is 1.73. The Labute approximate surface area is 144 Å². The van der Waals surface area contributed by atoms with Gasteiger partial charge in [-0.25, -0.2) is 15.0 Å². The number of benzene rings is 1. The van der Waals surface area contributed by atoms with Crippen molar-refractivity contribution in [2.24, 2.45) is 0 Å². The quantitative estimate of drug-likeness (QED) is 0.625. The predicted molar refractivity (Wildman–Crippen MR) is 95.4 cm³/mol. The fraction of sp³-hybridized carbons (Fsp3) is 0.0526. The molecule has 0 saturated carbocycles. The summed E-state index contributed by atoms with van der Waals surface area (Å²) in [5.41, 5.74) is 4.29. The minimum atomic E-state index is -0.354. The maximum atomic E-state index is 12.4. The molecule has 122 valence electrons. The lowest BCUT2D eigenvalue weighted by Gasteiger charge is -2.08. The fourth-order valence-corrected chi connectivity index (χ4v) is 2.69. The first-order chi connectivity index (χ1) is 12.2. The number of carbonyl (C=O) groups is 1. The largest absolute Gasteiger partial charge is 0.319 e. The lowest BCUT2D eigenvalue weighted by molar-refractivity contribution is 0.101. The number of nitrogens with zero attached hydrogens (tertiary/aromatic N) is 4. The molecule has 6 heteroatoms. The van der Waals surface area contributed by atoms with Gasteiger partial charge in [0.25, 0.3) is 5.91 Å². The molecule has 1 N–H and O–H groups in total. The van der Waals surface area contributed by atoms with Gasteiger partial charge in [-0.15, -0.1) is 0 Å². The van der Waals surface area contributed by atoms with Gasteiger partial charge in [0.1, 0.15) is 5.65 Å². The number of carbonyl (C=O) groups excluding carboxylic acids is 1. The maximum absolute atomic E-state index is 12.4. The minimum Gasteiger partial charge on any atom is -0.319 e. The van der Waals surface area contributed by atoms with Crippen LogP contribution < -0.4 is 5.32 Å². The number of amides is 1. The number of nitrogens with one attached hydrogen (secondary N) is 1. The second kappa shape index (κ2) is 6.16. The zero-order chi connectivity index (χ0) is 17.2. The van der Waals surface area contributed by atoms with Gasteiger partial charge in [0.05, 0.1) is 11.4 Å². The lowest BCUT2D eigenvalue weighted by Crippen LogP contribution is -2.15. The molecule has 0 atom stereocenters. The molecule has 0 aliphatic rings. The summed E-state index contributed by atoms with van der Waals surface area (Å²) >= 11 is 0. The van der Waals surface area contributed by atoms with Gasteiger partial charge in [-0.1, -0.05) is 24.3 Å². The highest BCUT2D eigenvalue weighted by atomic mass is 16.2. The van der Waals surface area contributed by atoms with Crippen molar-refractivity contribution in [2.75, 3.05) is 5.32 Å². The molecule has 0 saturated heterocycles. The van der Waals surface area contributed by atoms with Crippen LogP contribution in [0.3, 0.4) is 0 Å². The lowest BCUT2D eigenvalue weighted by atomic mass is 10.1. The van der Waals surface area contributed by atoms with Crippen LogP contribution in [-0.2, 0) is 0 Å². The standard InChI is InChI=1S/C19H15N5O/c1-13-6-4-11-24-12-16(22-18(13)24)14-7-2-3-8-15(14)23-19(25)17-20-9-5-10-21-17/h2-12H,1H3,(H,23,25). The van der Waals surface area contributed by atoms with Crippen LogP contribution >= 0.6 is 0 Å². The van der Waals surface area contributed by atoms with Gasteiger partial charge in [0.2, 0.25) is 5.82 Å². The number of aromatic nitrogens is 4. The SMILES string of the molecule is Cc1cccn2cc(-c3ccccc3NC(=O)c3ncccn3)nc12. The summed E-state index contributed by atoms with van der Waals surface area (Å²) in [4.78, 5) is 25.0. The van der Waals surface area contributed by atoms with E-state index in [0.29, 0.717) is 5.69 Å². The maximum Gasteiger partial charge on any atom is 0.293 e. The van der Waals surface area contributed by atoms with Crippen molar-refractivity contribution < 1.29 is 4.79 Å². The zero-order valence-electron chi connectivity index (χ0n) is 13.5. The Hall–Kier alpha value is -3.54. The first kappa shape index (κ1) is 15.0. The van der Waals surface area contributed by atoms with E-state index >= 15 is 0 Å². The summed E-state index contributed by atoms with van der Waals surface area (Å²) in [5.74, 6) is -0.226. The van der Waals surface area contributed by atoms with E-state index in [9.17, 15) is 4.79 Å². The Morgan fingerprint density at radius 1 is 1.04 bits per heavy atom. The molecule has 4 rings (SSSR count). The number of anilines is 1. The van der Waals surface area contributed by atoms with Gasteiger partial charge >= 0.3 is 0 Å². The Morgan fingerprint density at radius 2 is 1.84 bits per heavy atom. The zero-order valence-corrected chi connectivity index (χ0v) is 13.5. The van der Waals surface area contributed by atoms with Gasteiger partial charge in [-0.2, -0.15) is 0 Å². The third kappa shape index (κ3) is 2.85. The molecule has 0 radical (unpaired) electrons. The highest BCUT2D eigenvalue weighted by Crippen LogP contribution is 2.28. The van der Waals surface area contributed by atoms with Crippen LogP contribution in [0.5, 0.6) is 0 Å². The highest BCUT2D eigenvalue weighted by molar-refractivity contribution is 6.03. The molecular formula is C19H15N5O. The second-order valence-corrected chi connectivity index (χ2v) is 5.62. The molecule has 1 aromatic carbocycles. The molecule has 25 heavy (non-hydrogen) atoms. The predicted octanol–water partition coefficient (Wildman–Crippen LogP) is 3.35. The summed E-state index contributed by atoms with van der Waals surface area (Å²) in [6.07, 6.45) is 6.99. The third-order valence-electron chi connectivity index (χ3n) is 3.90. The van der Waals surface area contributed by atoms with Crippen LogP contribution in [-0.4, -0.2) is 25.3 Å². The van der Waals surface area contributed by atoms with E-state index in [0.717, 1.165) is 22.5 Å². The Kier molecular flexibility index (Phi) is 3.70. The van der Waals surface area contributed by atoms with Crippen LogP contribution in [0.1, 0.15) is 16.2 Å². The van der Waals surface area contributed by atoms with E-state index in [2.05, 4.69) is 15.3 Å². The number of pyridine rings is 1. The smallest absolute Gasteiger partial charge is 0.293 e. The van der Waals surface area contributed by atoms with Crippen molar-refractivity contribution >= 4 is 17.2 Å². The summed E-state index contributed by atoms with van der Waals surface area (Å²) in [6.45, 7) is 2.02. The molecule has 0 bridgehead atoms. The van der Waals surface area contributed by atoms with Gasteiger partial charge < -0.3 is 9.72 Å². The minimum absolute atomic E-state index is 0.128. The summed E-state index contributed by atoms with van der Waals surface area (Å²) in [7, 11) is 0. The van der Waals surface area contributed by atoms with Crippen molar-refractivity contribution in [3.05, 3.63) is 78.6 Å². The second-order valence-electron chi connectivity index (χ2n) is 5.62. The molecule has 3 aromatic heterocycles. The number of para-hydroxylation sites is 1. The summed E-state index contributed by atoms with van der Waals surface area (Å²) < 4.78 is 1.98. The van der Waals surface area contributed by atoms with Crippen LogP contribution in [0, 0.1) is 6.92 Å². The average Bonchev–Trinajstić information content (AvgIpc) is 3.08. The molecular weight excluding hydrogens is 314 g/mol. The van der Waals surface area contributed by atoms with Crippen LogP contribution in [0.15, 0.2) is 67.3 Å². The fourth-order valence-electron chi connectivity index (χ4n) is 2.69. The van der Waals surface area contributed by atoms with Crippen molar-refractivity contribution in [2.45, 2.75) is 6.92 Å². The number of imidazole rings is 1. The third-order valence-corrected chi connectivity index (χ3v) is 3.90. The van der Waals surface area contributed by atoms with Crippen molar-refractivity contribution in [3.8, 4) is 11.3 Å². The normalized spacial score (nSPS) is 10.8. The Morgan fingerprint density at radius 3 is 2.64 bits per heavy atom. The molecule has 3 heterocycles. The monoisotopic (exact) mass is 329 g/mol. The first-order valence-electron chi connectivity index (χ1n) is 7.84. The molecule has 1 amide bonds. The first-order valence-corrected chi connectivity index (χ1v) is 7.84. The van der Waals surface area contributed by atoms with Crippen molar-refractivity contribution in [1.29, 1.82) is 0 Å². The summed E-state index contributed by atoms with van der Waals surface area (Å²) in [5, 5.41) is 2.87. The van der Waals surface area contributed by atoms with E-state index < -0.39 is 0 Å². The number of fused-ring (bicyclic) bond motifs is 1.